The van der Waals surface area contributed by atoms with Gasteiger partial charge in [0.2, 0.25) is 0 Å². The summed E-state index contributed by atoms with van der Waals surface area (Å²) in [6.07, 6.45) is 0. The lowest BCUT2D eigenvalue weighted by atomic mass is 10.0. The summed E-state index contributed by atoms with van der Waals surface area (Å²) >= 11 is 1.51. The highest BCUT2D eigenvalue weighted by molar-refractivity contribution is 8.02. The molecule has 2 aliphatic rings. The summed E-state index contributed by atoms with van der Waals surface area (Å²) in [5, 5.41) is 0. The van der Waals surface area contributed by atoms with Crippen LogP contribution >= 0.6 is 11.8 Å². The van der Waals surface area contributed by atoms with Crippen LogP contribution in [-0.4, -0.2) is 35.1 Å². The first-order valence-corrected chi connectivity index (χ1v) is 11.9. The van der Waals surface area contributed by atoms with Gasteiger partial charge in [-0.15, -0.1) is 11.8 Å². The molecule has 1 fully saturated rings. The second-order valence-electron chi connectivity index (χ2n) is 9.16. The average Bonchev–Trinajstić information content (AvgIpc) is 3.26. The quantitative estimate of drug-likeness (QED) is 0.519. The molecule has 7 heteroatoms. The lowest BCUT2D eigenvalue weighted by molar-refractivity contribution is -0.123. The number of halogens is 1. The number of carbonyl (C=O) groups is 2. The number of fused-ring (bicyclic) bond motifs is 2. The molecule has 0 N–H and O–H groups in total. The SMILES string of the molecule is COc1ccc(C(=O)N2CC(C)(C)SC23C(=O)N(Cc2ccc(F)cc2)c2ccccc23)cc1. The summed E-state index contributed by atoms with van der Waals surface area (Å²) in [5.41, 5.74) is 2.90. The van der Waals surface area contributed by atoms with Crippen LogP contribution in [0.4, 0.5) is 10.1 Å². The van der Waals surface area contributed by atoms with E-state index in [1.807, 2.05) is 24.3 Å². The van der Waals surface area contributed by atoms with Crippen molar-refractivity contribution in [2.24, 2.45) is 0 Å². The Morgan fingerprint density at radius 3 is 2.38 bits per heavy atom. The largest absolute Gasteiger partial charge is 0.497 e. The molecule has 0 aromatic heterocycles. The van der Waals surface area contributed by atoms with E-state index in [-0.39, 0.29) is 22.4 Å². The number of rotatable bonds is 4. The Balaban J connectivity index is 1.59. The van der Waals surface area contributed by atoms with Gasteiger partial charge in [0.1, 0.15) is 11.6 Å². The fraction of sp³-hybridized carbons (Fsp3) is 0.259. The number of carbonyl (C=O) groups excluding carboxylic acids is 2. The van der Waals surface area contributed by atoms with E-state index in [4.69, 9.17) is 4.74 Å². The Kier molecular flexibility index (Phi) is 5.40. The molecule has 1 unspecified atom stereocenters. The smallest absolute Gasteiger partial charge is 0.268 e. The van der Waals surface area contributed by atoms with E-state index >= 15 is 0 Å². The van der Waals surface area contributed by atoms with Crippen molar-refractivity contribution in [1.82, 2.24) is 4.90 Å². The van der Waals surface area contributed by atoms with Gasteiger partial charge < -0.3 is 14.5 Å². The lowest BCUT2D eigenvalue weighted by Gasteiger charge is -2.33. The number of ether oxygens (including phenoxy) is 1. The predicted octanol–water partition coefficient (Wildman–Crippen LogP) is 5.20. The van der Waals surface area contributed by atoms with Gasteiger partial charge in [0.25, 0.3) is 11.8 Å². The van der Waals surface area contributed by atoms with Crippen molar-refractivity contribution < 1.29 is 18.7 Å². The van der Waals surface area contributed by atoms with Gasteiger partial charge in [-0.2, -0.15) is 0 Å². The summed E-state index contributed by atoms with van der Waals surface area (Å²) in [6, 6.07) is 20.7. The van der Waals surface area contributed by atoms with Crippen LogP contribution in [0.2, 0.25) is 0 Å². The molecule has 1 spiro atoms. The van der Waals surface area contributed by atoms with Crippen LogP contribution in [0.15, 0.2) is 72.8 Å². The first kappa shape index (κ1) is 22.5. The monoisotopic (exact) mass is 476 g/mol. The molecule has 1 atom stereocenters. The highest BCUT2D eigenvalue weighted by Gasteiger charge is 2.63. The summed E-state index contributed by atoms with van der Waals surface area (Å²) in [6.45, 7) is 4.83. The number of hydrogen-bond acceptors (Lipinski definition) is 4. The Morgan fingerprint density at radius 1 is 1.03 bits per heavy atom. The normalized spacial score (nSPS) is 20.6. The summed E-state index contributed by atoms with van der Waals surface area (Å²) in [5.74, 6) is -0.0177. The molecule has 3 aromatic rings. The van der Waals surface area contributed by atoms with Crippen LogP contribution in [0.25, 0.3) is 0 Å². The van der Waals surface area contributed by atoms with Gasteiger partial charge in [-0.25, -0.2) is 4.39 Å². The van der Waals surface area contributed by atoms with Gasteiger partial charge in [-0.1, -0.05) is 30.3 Å². The maximum atomic E-state index is 14.2. The van der Waals surface area contributed by atoms with Gasteiger partial charge in [-0.05, 0) is 61.9 Å². The maximum Gasteiger partial charge on any atom is 0.268 e. The maximum absolute atomic E-state index is 14.2. The molecular weight excluding hydrogens is 451 g/mol. The Labute approximate surface area is 202 Å². The molecule has 0 saturated carbocycles. The van der Waals surface area contributed by atoms with Crippen molar-refractivity contribution in [2.45, 2.75) is 30.0 Å². The number of nitrogens with zero attached hydrogens (tertiary/aromatic N) is 2. The molecule has 0 radical (unpaired) electrons. The molecule has 2 aliphatic heterocycles. The highest BCUT2D eigenvalue weighted by atomic mass is 32.2. The molecule has 3 aromatic carbocycles. The van der Waals surface area contributed by atoms with E-state index in [2.05, 4.69) is 13.8 Å². The molecular formula is C27H25FN2O3S. The summed E-state index contributed by atoms with van der Waals surface area (Å²) in [7, 11) is 1.58. The van der Waals surface area contributed by atoms with Gasteiger partial charge >= 0.3 is 0 Å². The lowest BCUT2D eigenvalue weighted by Crippen LogP contribution is -2.50. The first-order valence-electron chi connectivity index (χ1n) is 11.1. The fourth-order valence-corrected chi connectivity index (χ4v) is 6.51. The number of benzene rings is 3. The molecule has 5 nitrogen and oxygen atoms in total. The molecule has 34 heavy (non-hydrogen) atoms. The number of methoxy groups -OCH3 is 1. The van der Waals surface area contributed by atoms with Crippen molar-refractivity contribution in [3.63, 3.8) is 0 Å². The number of hydrogen-bond donors (Lipinski definition) is 0. The zero-order valence-corrected chi connectivity index (χ0v) is 20.1. The number of thioether (sulfide) groups is 1. The van der Waals surface area contributed by atoms with Gasteiger partial charge in [0.15, 0.2) is 4.87 Å². The van der Waals surface area contributed by atoms with Crippen LogP contribution in [0.3, 0.4) is 0 Å². The molecule has 1 saturated heterocycles. The summed E-state index contributed by atoms with van der Waals surface area (Å²) < 4.78 is 18.3. The third-order valence-electron chi connectivity index (χ3n) is 6.27. The van der Waals surface area contributed by atoms with Gasteiger partial charge in [0.05, 0.1) is 19.3 Å². The van der Waals surface area contributed by atoms with Crippen LogP contribution in [0, 0.1) is 5.82 Å². The Bertz CT molecular complexity index is 1260. The summed E-state index contributed by atoms with van der Waals surface area (Å²) in [4.78, 5) is 30.3. The minimum atomic E-state index is -1.17. The number of para-hydroxylation sites is 1. The molecule has 2 amide bonds. The van der Waals surface area contributed by atoms with Crippen LogP contribution < -0.4 is 9.64 Å². The first-order chi connectivity index (χ1) is 16.2. The van der Waals surface area contributed by atoms with Crippen LogP contribution in [0.5, 0.6) is 5.75 Å². The molecule has 0 bridgehead atoms. The van der Waals surface area contributed by atoms with Crippen molar-refractivity contribution in [1.29, 1.82) is 0 Å². The van der Waals surface area contributed by atoms with Crippen molar-refractivity contribution in [3.8, 4) is 5.75 Å². The zero-order valence-electron chi connectivity index (χ0n) is 19.2. The van der Waals surface area contributed by atoms with E-state index in [0.29, 0.717) is 24.4 Å². The van der Waals surface area contributed by atoms with E-state index in [1.165, 1.54) is 23.9 Å². The van der Waals surface area contributed by atoms with Gasteiger partial charge in [0, 0.05) is 22.4 Å². The van der Waals surface area contributed by atoms with Crippen molar-refractivity contribution in [2.75, 3.05) is 18.6 Å². The molecule has 2 heterocycles. The minimum absolute atomic E-state index is 0.157. The van der Waals surface area contributed by atoms with E-state index in [0.717, 1.165) is 16.8 Å². The van der Waals surface area contributed by atoms with Crippen molar-refractivity contribution >= 4 is 29.3 Å². The van der Waals surface area contributed by atoms with Crippen LogP contribution in [-0.2, 0) is 16.2 Å². The second-order valence-corrected chi connectivity index (χ2v) is 11.1. The minimum Gasteiger partial charge on any atom is -0.497 e. The topological polar surface area (TPSA) is 49.9 Å². The highest BCUT2D eigenvalue weighted by Crippen LogP contribution is 2.60. The standard InChI is InChI=1S/C27H25FN2O3S/c1-26(2)17-30(24(31)19-10-14-21(33-3)15-11-19)27(34-26)22-6-4-5-7-23(22)29(25(27)32)16-18-8-12-20(28)13-9-18/h4-15H,16-17H2,1-3H3. The zero-order chi connectivity index (χ0) is 24.1. The average molecular weight is 477 g/mol. The molecule has 5 rings (SSSR count). The molecule has 174 valence electrons. The molecule has 0 aliphatic carbocycles. The third kappa shape index (κ3) is 3.55. The number of anilines is 1. The Hall–Kier alpha value is -3.32. The van der Waals surface area contributed by atoms with E-state index < -0.39 is 4.87 Å². The van der Waals surface area contributed by atoms with E-state index in [1.54, 1.807) is 53.3 Å². The Morgan fingerprint density at radius 2 is 1.71 bits per heavy atom. The van der Waals surface area contributed by atoms with Crippen LogP contribution in [0.1, 0.15) is 35.3 Å². The fourth-order valence-electron chi connectivity index (χ4n) is 4.78. The van der Waals surface area contributed by atoms with Gasteiger partial charge in [-0.3, -0.25) is 9.59 Å². The predicted molar refractivity (Wildman–Crippen MR) is 131 cm³/mol. The second kappa shape index (κ2) is 8.17. The number of amides is 2. The van der Waals surface area contributed by atoms with E-state index in [9.17, 15) is 14.0 Å². The van der Waals surface area contributed by atoms with Crippen molar-refractivity contribution in [3.05, 3.63) is 95.3 Å². The third-order valence-corrected chi connectivity index (χ3v) is 7.87.